The molecule has 0 aliphatic heterocycles. The molecule has 0 aliphatic rings. The zero-order chi connectivity index (χ0) is 11.7. The molecule has 2 rings (SSSR count). The lowest BCUT2D eigenvalue weighted by atomic mass is 10.1. The molecule has 0 bridgehead atoms. The number of benzene rings is 1. The van der Waals surface area contributed by atoms with Gasteiger partial charge in [0.05, 0.1) is 11.7 Å². The summed E-state index contributed by atoms with van der Waals surface area (Å²) in [5.41, 5.74) is 8.45. The van der Waals surface area contributed by atoms with E-state index in [2.05, 4.69) is 10.4 Å². The molecule has 0 saturated heterocycles. The highest BCUT2D eigenvalue weighted by atomic mass is 16.1. The molecule has 1 heterocycles. The van der Waals surface area contributed by atoms with Crippen LogP contribution in [0.5, 0.6) is 0 Å². The van der Waals surface area contributed by atoms with Crippen LogP contribution < -0.4 is 11.1 Å². The summed E-state index contributed by atoms with van der Waals surface area (Å²) >= 11 is 0. The van der Waals surface area contributed by atoms with Crippen LogP contribution in [0.3, 0.4) is 0 Å². The average Bonchev–Trinajstić information content (AvgIpc) is 2.62. The Kier molecular flexibility index (Phi) is 2.52. The normalized spacial score (nSPS) is 10.6. The number of nitrogen functional groups attached to an aromatic ring is 1. The van der Waals surface area contributed by atoms with Crippen LogP contribution in [0.25, 0.3) is 10.9 Å². The monoisotopic (exact) mass is 218 g/mol. The van der Waals surface area contributed by atoms with E-state index in [1.807, 2.05) is 19.1 Å². The molecule has 0 saturated carbocycles. The Labute approximate surface area is 93.2 Å². The summed E-state index contributed by atoms with van der Waals surface area (Å²) in [6.45, 7) is 2.16. The molecule has 5 heteroatoms. The van der Waals surface area contributed by atoms with Crippen LogP contribution >= 0.6 is 0 Å². The topological polar surface area (TPSA) is 72.9 Å². The van der Waals surface area contributed by atoms with E-state index < -0.39 is 0 Å². The number of anilines is 1. The number of amides is 1. The lowest BCUT2D eigenvalue weighted by molar-refractivity contribution is -0.121. The molecular weight excluding hydrogens is 204 g/mol. The number of likely N-dealkylation sites (N-methyl/N-ethyl adjacent to an activating group) is 1. The Morgan fingerprint density at radius 2 is 2.31 bits per heavy atom. The maximum absolute atomic E-state index is 11.3. The lowest BCUT2D eigenvalue weighted by Crippen LogP contribution is -2.23. The number of rotatable bonds is 2. The summed E-state index contributed by atoms with van der Waals surface area (Å²) in [6, 6.07) is 3.82. The number of fused-ring (bicyclic) bond motifs is 1. The van der Waals surface area contributed by atoms with Crippen molar-refractivity contribution in [3.8, 4) is 0 Å². The molecule has 16 heavy (non-hydrogen) atoms. The van der Waals surface area contributed by atoms with Crippen LogP contribution in [0, 0.1) is 6.92 Å². The highest BCUT2D eigenvalue weighted by Crippen LogP contribution is 2.20. The van der Waals surface area contributed by atoms with Crippen molar-refractivity contribution < 1.29 is 4.79 Å². The number of carbonyl (C=O) groups is 1. The third-order valence-electron chi connectivity index (χ3n) is 2.60. The first kappa shape index (κ1) is 10.5. The molecular formula is C11H14N4O. The van der Waals surface area contributed by atoms with Gasteiger partial charge in [0.25, 0.3) is 0 Å². The summed E-state index contributed by atoms with van der Waals surface area (Å²) in [5, 5.41) is 7.72. The van der Waals surface area contributed by atoms with Gasteiger partial charge in [0.1, 0.15) is 6.54 Å². The maximum Gasteiger partial charge on any atom is 0.241 e. The van der Waals surface area contributed by atoms with E-state index in [0.29, 0.717) is 5.69 Å². The number of hydrogen-bond donors (Lipinski definition) is 2. The summed E-state index contributed by atoms with van der Waals surface area (Å²) < 4.78 is 1.64. The molecule has 1 aromatic heterocycles. The van der Waals surface area contributed by atoms with Gasteiger partial charge in [0.2, 0.25) is 5.91 Å². The minimum atomic E-state index is -0.0795. The van der Waals surface area contributed by atoms with Gasteiger partial charge in [-0.15, -0.1) is 0 Å². The first-order valence-corrected chi connectivity index (χ1v) is 5.04. The number of hydrogen-bond acceptors (Lipinski definition) is 3. The highest BCUT2D eigenvalue weighted by Gasteiger charge is 2.07. The SMILES string of the molecule is CNC(=O)Cn1ncc2cc(C)c(N)cc21. The van der Waals surface area contributed by atoms with Gasteiger partial charge in [-0.1, -0.05) is 0 Å². The predicted molar refractivity (Wildman–Crippen MR) is 62.9 cm³/mol. The summed E-state index contributed by atoms with van der Waals surface area (Å²) in [6.07, 6.45) is 1.74. The summed E-state index contributed by atoms with van der Waals surface area (Å²) in [4.78, 5) is 11.3. The zero-order valence-corrected chi connectivity index (χ0v) is 9.32. The molecule has 3 N–H and O–H groups in total. The Morgan fingerprint density at radius 3 is 3.00 bits per heavy atom. The van der Waals surface area contributed by atoms with Crippen molar-refractivity contribution >= 4 is 22.5 Å². The van der Waals surface area contributed by atoms with Crippen LogP contribution in [0.15, 0.2) is 18.3 Å². The summed E-state index contributed by atoms with van der Waals surface area (Å²) in [5.74, 6) is -0.0795. The van der Waals surface area contributed by atoms with Gasteiger partial charge < -0.3 is 11.1 Å². The van der Waals surface area contributed by atoms with Crippen molar-refractivity contribution in [2.45, 2.75) is 13.5 Å². The van der Waals surface area contributed by atoms with E-state index in [-0.39, 0.29) is 12.5 Å². The van der Waals surface area contributed by atoms with Crippen molar-refractivity contribution in [1.82, 2.24) is 15.1 Å². The molecule has 84 valence electrons. The standard InChI is InChI=1S/C11H14N4O/c1-7-3-8-5-14-15(6-11(16)13-2)10(8)4-9(7)12/h3-5H,6,12H2,1-2H3,(H,13,16). The van der Waals surface area contributed by atoms with Gasteiger partial charge in [-0.3, -0.25) is 9.48 Å². The van der Waals surface area contributed by atoms with Crippen molar-refractivity contribution in [2.24, 2.45) is 0 Å². The maximum atomic E-state index is 11.3. The minimum Gasteiger partial charge on any atom is -0.398 e. The number of aromatic nitrogens is 2. The van der Waals surface area contributed by atoms with Crippen LogP contribution in [0.4, 0.5) is 5.69 Å². The van der Waals surface area contributed by atoms with E-state index >= 15 is 0 Å². The molecule has 0 unspecified atom stereocenters. The molecule has 5 nitrogen and oxygen atoms in total. The molecule has 0 spiro atoms. The van der Waals surface area contributed by atoms with Gasteiger partial charge in [-0.25, -0.2) is 0 Å². The van der Waals surface area contributed by atoms with E-state index in [1.165, 1.54) is 0 Å². The Bertz CT molecular complexity index is 544. The molecule has 0 fully saturated rings. The third kappa shape index (κ3) is 1.71. The molecule has 0 atom stereocenters. The number of nitrogens with zero attached hydrogens (tertiary/aromatic N) is 2. The Balaban J connectivity index is 2.48. The van der Waals surface area contributed by atoms with Crippen molar-refractivity contribution in [3.63, 3.8) is 0 Å². The number of nitrogens with one attached hydrogen (secondary N) is 1. The third-order valence-corrected chi connectivity index (χ3v) is 2.60. The Morgan fingerprint density at radius 1 is 1.56 bits per heavy atom. The highest BCUT2D eigenvalue weighted by molar-refractivity contribution is 5.85. The second-order valence-electron chi connectivity index (χ2n) is 3.74. The van der Waals surface area contributed by atoms with Gasteiger partial charge in [0, 0.05) is 18.1 Å². The molecule has 1 amide bonds. The molecule has 0 aliphatic carbocycles. The molecule has 2 aromatic rings. The first-order chi connectivity index (χ1) is 7.61. The fraction of sp³-hybridized carbons (Fsp3) is 0.273. The van der Waals surface area contributed by atoms with Gasteiger partial charge in [-0.2, -0.15) is 5.10 Å². The van der Waals surface area contributed by atoms with Crippen LogP contribution in [0.1, 0.15) is 5.56 Å². The van der Waals surface area contributed by atoms with E-state index in [9.17, 15) is 4.79 Å². The van der Waals surface area contributed by atoms with Crippen molar-refractivity contribution in [1.29, 1.82) is 0 Å². The van der Waals surface area contributed by atoms with E-state index in [1.54, 1.807) is 17.9 Å². The van der Waals surface area contributed by atoms with E-state index in [0.717, 1.165) is 16.5 Å². The van der Waals surface area contributed by atoms with Crippen molar-refractivity contribution in [2.75, 3.05) is 12.8 Å². The number of nitrogens with two attached hydrogens (primary N) is 1. The lowest BCUT2D eigenvalue weighted by Gasteiger charge is -2.04. The average molecular weight is 218 g/mol. The predicted octanol–water partition coefficient (Wildman–Crippen LogP) is 0.673. The first-order valence-electron chi connectivity index (χ1n) is 5.04. The van der Waals surface area contributed by atoms with Crippen LogP contribution in [-0.4, -0.2) is 22.7 Å². The van der Waals surface area contributed by atoms with Crippen molar-refractivity contribution in [3.05, 3.63) is 23.9 Å². The molecule has 1 aromatic carbocycles. The fourth-order valence-electron chi connectivity index (χ4n) is 1.60. The van der Waals surface area contributed by atoms with Gasteiger partial charge in [-0.05, 0) is 24.6 Å². The second-order valence-corrected chi connectivity index (χ2v) is 3.74. The minimum absolute atomic E-state index is 0.0795. The largest absolute Gasteiger partial charge is 0.398 e. The second kappa shape index (κ2) is 3.84. The van der Waals surface area contributed by atoms with E-state index in [4.69, 9.17) is 5.73 Å². The summed E-state index contributed by atoms with van der Waals surface area (Å²) in [7, 11) is 1.60. The van der Waals surface area contributed by atoms with Gasteiger partial charge in [0.15, 0.2) is 0 Å². The number of carbonyl (C=O) groups excluding carboxylic acids is 1. The number of aryl methyl sites for hydroxylation is 1. The Hall–Kier alpha value is -2.04. The van der Waals surface area contributed by atoms with Crippen LogP contribution in [-0.2, 0) is 11.3 Å². The van der Waals surface area contributed by atoms with Crippen LogP contribution in [0.2, 0.25) is 0 Å². The molecule has 0 radical (unpaired) electrons. The quantitative estimate of drug-likeness (QED) is 0.728. The fourth-order valence-corrected chi connectivity index (χ4v) is 1.60. The smallest absolute Gasteiger partial charge is 0.241 e. The zero-order valence-electron chi connectivity index (χ0n) is 9.32. The van der Waals surface area contributed by atoms with Gasteiger partial charge >= 0.3 is 0 Å².